The standard InChI is InChI=1S/C37H38N2/c1-4-12-32(38)25-27(5-2)13-11-17-30-21-24-36(37-34-18-10-9-16-31(34)26-35(30)37)39(3)33-22-19-29(20-23-33)28-14-7-6-8-15-28/h4-7,9-14,16,18-24H,1,8,15,17,25-26,38H2,2-3H3/b13-11-,27-5-,32-12-. The first-order valence-electron chi connectivity index (χ1n) is 13.9. The molecule has 2 N–H and O–H groups in total. The van der Waals surface area contributed by atoms with Crippen LogP contribution in [0.1, 0.15) is 48.4 Å². The van der Waals surface area contributed by atoms with Crippen molar-refractivity contribution in [3.05, 3.63) is 149 Å². The van der Waals surface area contributed by atoms with E-state index in [0.717, 1.165) is 37.8 Å². The van der Waals surface area contributed by atoms with Crippen molar-refractivity contribution in [3.8, 4) is 11.1 Å². The van der Waals surface area contributed by atoms with Crippen LogP contribution in [-0.4, -0.2) is 7.05 Å². The SMILES string of the molecule is C=C/C=C(\N)CC(/C=C\Cc1ccc(N(C)c2ccc(C3=CC=CCC3)cc2)c2c1Cc1ccccc1-2)=C\C. The van der Waals surface area contributed by atoms with Gasteiger partial charge in [-0.25, -0.2) is 0 Å². The van der Waals surface area contributed by atoms with Crippen LogP contribution in [0.3, 0.4) is 0 Å². The first-order valence-corrected chi connectivity index (χ1v) is 13.9. The Morgan fingerprint density at radius 2 is 1.87 bits per heavy atom. The highest BCUT2D eigenvalue weighted by Gasteiger charge is 2.25. The molecule has 0 radical (unpaired) electrons. The smallest absolute Gasteiger partial charge is 0.0491 e. The Hall–Kier alpha value is -4.30. The van der Waals surface area contributed by atoms with Gasteiger partial charge in [-0.15, -0.1) is 0 Å². The zero-order chi connectivity index (χ0) is 27.2. The van der Waals surface area contributed by atoms with Gasteiger partial charge in [-0.2, -0.15) is 0 Å². The summed E-state index contributed by atoms with van der Waals surface area (Å²) in [5.74, 6) is 0. The maximum Gasteiger partial charge on any atom is 0.0491 e. The summed E-state index contributed by atoms with van der Waals surface area (Å²) in [6.45, 7) is 5.81. The third-order valence-electron chi connectivity index (χ3n) is 7.82. The molecule has 0 aromatic heterocycles. The Balaban J connectivity index is 1.44. The molecule has 5 rings (SSSR count). The van der Waals surface area contributed by atoms with Crippen LogP contribution in [-0.2, 0) is 12.8 Å². The average Bonchev–Trinajstić information content (AvgIpc) is 3.37. The van der Waals surface area contributed by atoms with Crippen molar-refractivity contribution in [3.63, 3.8) is 0 Å². The van der Waals surface area contributed by atoms with Gasteiger partial charge >= 0.3 is 0 Å². The summed E-state index contributed by atoms with van der Waals surface area (Å²) < 4.78 is 0. The van der Waals surface area contributed by atoms with Crippen LogP contribution < -0.4 is 10.6 Å². The molecule has 2 aliphatic carbocycles. The Morgan fingerprint density at radius 1 is 1.05 bits per heavy atom. The molecule has 39 heavy (non-hydrogen) atoms. The monoisotopic (exact) mass is 510 g/mol. The zero-order valence-electron chi connectivity index (χ0n) is 23.2. The number of hydrogen-bond donors (Lipinski definition) is 1. The summed E-state index contributed by atoms with van der Waals surface area (Å²) >= 11 is 0. The molecular weight excluding hydrogens is 472 g/mol. The number of anilines is 2. The lowest BCUT2D eigenvalue weighted by Gasteiger charge is -2.24. The highest BCUT2D eigenvalue weighted by molar-refractivity contribution is 5.90. The molecule has 0 saturated carbocycles. The summed E-state index contributed by atoms with van der Waals surface area (Å²) in [7, 11) is 2.19. The largest absolute Gasteiger partial charge is 0.402 e. The minimum atomic E-state index is 0.735. The van der Waals surface area contributed by atoms with Gasteiger partial charge in [0, 0.05) is 36.1 Å². The molecule has 0 amide bonds. The van der Waals surface area contributed by atoms with Crippen LogP contribution in [0.4, 0.5) is 11.4 Å². The van der Waals surface area contributed by atoms with Crippen molar-refractivity contribution in [1.29, 1.82) is 0 Å². The summed E-state index contributed by atoms with van der Waals surface area (Å²) in [6.07, 6.45) is 21.7. The van der Waals surface area contributed by atoms with Crippen LogP contribution in [0.5, 0.6) is 0 Å². The van der Waals surface area contributed by atoms with Crippen LogP contribution in [0.2, 0.25) is 0 Å². The lowest BCUT2D eigenvalue weighted by molar-refractivity contribution is 1.05. The van der Waals surface area contributed by atoms with Crippen LogP contribution in [0.25, 0.3) is 16.7 Å². The molecule has 0 saturated heterocycles. The number of nitrogens with two attached hydrogens (primary N) is 1. The van der Waals surface area contributed by atoms with Crippen molar-refractivity contribution in [2.45, 2.75) is 39.0 Å². The van der Waals surface area contributed by atoms with Crippen LogP contribution in [0.15, 0.2) is 127 Å². The minimum Gasteiger partial charge on any atom is -0.402 e. The van der Waals surface area contributed by atoms with E-state index in [0.29, 0.717) is 0 Å². The molecule has 196 valence electrons. The van der Waals surface area contributed by atoms with Gasteiger partial charge in [0.1, 0.15) is 0 Å². The Kier molecular flexibility index (Phi) is 8.13. The fourth-order valence-electron chi connectivity index (χ4n) is 5.68. The van der Waals surface area contributed by atoms with E-state index in [1.165, 1.54) is 55.9 Å². The van der Waals surface area contributed by atoms with E-state index in [1.54, 1.807) is 6.08 Å². The van der Waals surface area contributed by atoms with E-state index < -0.39 is 0 Å². The highest BCUT2D eigenvalue weighted by Crippen LogP contribution is 2.46. The Bertz CT molecular complexity index is 1510. The number of hydrogen-bond acceptors (Lipinski definition) is 2. The topological polar surface area (TPSA) is 29.3 Å². The predicted octanol–water partition coefficient (Wildman–Crippen LogP) is 9.22. The Morgan fingerprint density at radius 3 is 2.62 bits per heavy atom. The molecule has 2 nitrogen and oxygen atoms in total. The second kappa shape index (κ2) is 12.0. The molecule has 3 aromatic rings. The molecule has 0 bridgehead atoms. The van der Waals surface area contributed by atoms with E-state index in [4.69, 9.17) is 5.73 Å². The summed E-state index contributed by atoms with van der Waals surface area (Å²) in [5.41, 5.74) is 20.3. The number of benzene rings is 3. The lowest BCUT2D eigenvalue weighted by atomic mass is 9.95. The molecule has 0 aliphatic heterocycles. The molecule has 0 unspecified atom stereocenters. The van der Waals surface area contributed by atoms with Gasteiger partial charge in [0.2, 0.25) is 0 Å². The van der Waals surface area contributed by atoms with Gasteiger partial charge in [0.15, 0.2) is 0 Å². The second-order valence-corrected chi connectivity index (χ2v) is 10.3. The molecule has 2 aliphatic rings. The van der Waals surface area contributed by atoms with Gasteiger partial charge in [-0.05, 0) is 95.8 Å². The minimum absolute atomic E-state index is 0.735. The van der Waals surface area contributed by atoms with Gasteiger partial charge in [0.25, 0.3) is 0 Å². The molecule has 0 spiro atoms. The summed E-state index contributed by atoms with van der Waals surface area (Å²) in [6, 6.07) is 22.5. The normalized spacial score (nSPS) is 14.8. The summed E-state index contributed by atoms with van der Waals surface area (Å²) in [4.78, 5) is 2.34. The van der Waals surface area contributed by atoms with Gasteiger partial charge < -0.3 is 10.6 Å². The third kappa shape index (κ3) is 5.76. The van der Waals surface area contributed by atoms with Crippen molar-refractivity contribution < 1.29 is 0 Å². The van der Waals surface area contributed by atoms with Gasteiger partial charge in [-0.1, -0.05) is 91.6 Å². The quantitative estimate of drug-likeness (QED) is 0.227. The average molecular weight is 511 g/mol. The number of allylic oxidation sites excluding steroid dienone is 10. The number of fused-ring (bicyclic) bond motifs is 3. The third-order valence-corrected chi connectivity index (χ3v) is 7.82. The van der Waals surface area contributed by atoms with Crippen molar-refractivity contribution in [2.75, 3.05) is 11.9 Å². The molecule has 0 fully saturated rings. The van der Waals surface area contributed by atoms with Crippen molar-refractivity contribution in [2.24, 2.45) is 5.73 Å². The zero-order valence-corrected chi connectivity index (χ0v) is 23.2. The first kappa shape index (κ1) is 26.3. The van der Waals surface area contributed by atoms with Crippen LogP contribution in [0, 0.1) is 0 Å². The fourth-order valence-corrected chi connectivity index (χ4v) is 5.68. The molecule has 0 atom stereocenters. The second-order valence-electron chi connectivity index (χ2n) is 10.3. The van der Waals surface area contributed by atoms with Crippen LogP contribution >= 0.6 is 0 Å². The van der Waals surface area contributed by atoms with Gasteiger partial charge in [-0.3, -0.25) is 0 Å². The number of nitrogens with zero attached hydrogens (tertiary/aromatic N) is 1. The van der Waals surface area contributed by atoms with Crippen molar-refractivity contribution >= 4 is 16.9 Å². The maximum absolute atomic E-state index is 6.11. The maximum atomic E-state index is 6.11. The molecule has 2 heteroatoms. The van der Waals surface area contributed by atoms with E-state index in [9.17, 15) is 0 Å². The van der Waals surface area contributed by atoms with E-state index >= 15 is 0 Å². The lowest BCUT2D eigenvalue weighted by Crippen LogP contribution is -2.11. The van der Waals surface area contributed by atoms with E-state index in [2.05, 4.69) is 123 Å². The predicted molar refractivity (Wildman–Crippen MR) is 169 cm³/mol. The molecule has 0 heterocycles. The fraction of sp³-hybridized carbons (Fsp3) is 0.189. The first-order chi connectivity index (χ1) is 19.1. The highest BCUT2D eigenvalue weighted by atomic mass is 15.1. The number of rotatable bonds is 9. The van der Waals surface area contributed by atoms with E-state index in [-0.39, 0.29) is 0 Å². The van der Waals surface area contributed by atoms with E-state index in [1.807, 2.05) is 6.08 Å². The molecule has 3 aromatic carbocycles. The summed E-state index contributed by atoms with van der Waals surface area (Å²) in [5, 5.41) is 0. The van der Waals surface area contributed by atoms with Crippen molar-refractivity contribution in [1.82, 2.24) is 0 Å². The Labute approximate surface area is 233 Å². The molecular formula is C37H38N2. The van der Waals surface area contributed by atoms with Gasteiger partial charge in [0.05, 0.1) is 0 Å².